The van der Waals surface area contributed by atoms with E-state index in [0.29, 0.717) is 61.3 Å². The molecule has 2 saturated heterocycles. The van der Waals surface area contributed by atoms with Crippen molar-refractivity contribution in [3.05, 3.63) is 117 Å². The Hall–Kier alpha value is -5.27. The normalized spacial score (nSPS) is 23.6. The fourth-order valence-corrected chi connectivity index (χ4v) is 12.8. The predicted molar refractivity (Wildman–Crippen MR) is 306 cm³/mol. The number of aliphatic hydroxyl groups excluding tert-OH is 1. The van der Waals surface area contributed by atoms with Crippen molar-refractivity contribution < 1.29 is 62.2 Å². The smallest absolute Gasteiger partial charge is 0.416 e. The first-order valence-corrected chi connectivity index (χ1v) is 27.3. The minimum absolute atomic E-state index is 0. The molecule has 0 saturated carbocycles. The van der Waals surface area contributed by atoms with Gasteiger partial charge in [-0.15, -0.1) is 24.8 Å². The van der Waals surface area contributed by atoms with Gasteiger partial charge in [-0.05, 0) is 143 Å². The molecule has 1 aliphatic carbocycles. The Morgan fingerprint density at radius 2 is 1.51 bits per heavy atom. The molecule has 5 aliphatic heterocycles. The monoisotopic (exact) mass is 1160 g/mol. The highest BCUT2D eigenvalue weighted by molar-refractivity contribution is 7.99. The number of allylic oxidation sites excluding steroid dienone is 5. The van der Waals surface area contributed by atoms with Gasteiger partial charge in [0.15, 0.2) is 11.4 Å². The van der Waals surface area contributed by atoms with E-state index in [-0.39, 0.29) is 66.1 Å². The fraction of sp³-hybridized carbons (Fsp3) is 0.483. The summed E-state index contributed by atoms with van der Waals surface area (Å²) < 4.78 is 60.2. The van der Waals surface area contributed by atoms with Gasteiger partial charge < -0.3 is 44.4 Å². The molecule has 430 valence electrons. The Morgan fingerprint density at radius 3 is 2.14 bits per heavy atom. The van der Waals surface area contributed by atoms with Crippen molar-refractivity contribution in [2.45, 2.75) is 139 Å². The molecule has 4 unspecified atom stereocenters. The van der Waals surface area contributed by atoms with Crippen molar-refractivity contribution in [2.24, 2.45) is 5.92 Å². The first-order valence-electron chi connectivity index (χ1n) is 26.5. The molecule has 0 bridgehead atoms. The fourth-order valence-electron chi connectivity index (χ4n) is 11.7. The molecule has 13 nitrogen and oxygen atoms in total. The Balaban J connectivity index is 0.000000272. The number of carbonyl (C=O) groups is 3. The zero-order valence-corrected chi connectivity index (χ0v) is 48.6. The lowest BCUT2D eigenvalue weighted by Crippen LogP contribution is -2.66. The number of hydrogen-bond donors (Lipinski definition) is 4. The summed E-state index contributed by atoms with van der Waals surface area (Å²) in [5.74, 6) is -3.53. The van der Waals surface area contributed by atoms with E-state index in [9.17, 15) is 42.9 Å². The Labute approximate surface area is 478 Å². The Bertz CT molecular complexity index is 2960. The lowest BCUT2D eigenvalue weighted by Gasteiger charge is -2.50. The molecule has 6 aliphatic rings. The maximum atomic E-state index is 14.7. The van der Waals surface area contributed by atoms with E-state index in [2.05, 4.69) is 15.9 Å². The van der Waals surface area contributed by atoms with Crippen LogP contribution >= 0.6 is 36.6 Å². The van der Waals surface area contributed by atoms with Gasteiger partial charge in [-0.25, -0.2) is 9.59 Å². The summed E-state index contributed by atoms with van der Waals surface area (Å²) in [5, 5.41) is 41.5. The summed E-state index contributed by atoms with van der Waals surface area (Å²) in [4.78, 5) is 48.7. The first kappa shape index (κ1) is 62.9. The van der Waals surface area contributed by atoms with Crippen LogP contribution in [0, 0.1) is 5.92 Å². The number of carboxylic acid groups (broad SMARTS) is 2. The number of halogens is 5. The van der Waals surface area contributed by atoms with E-state index in [0.717, 1.165) is 66.6 Å². The van der Waals surface area contributed by atoms with Crippen LogP contribution in [0.15, 0.2) is 105 Å². The molecule has 0 radical (unpaired) electrons. The highest BCUT2D eigenvalue weighted by Crippen LogP contribution is 2.64. The number of ketones is 1. The standard InChI is InChI=1S/C38H46O9.C22H26F3N3OS.2ClH/c1-21(2)11-10-18-36(8)19-17-24-29(39)28-30(40)26-12-9-13-27-35(6,7)47-37(34(43)44,20-16-23(5)33(41)42)38(26,27)46-32(28)25(31(24)45-36)15-14-22(3)4;23-22(24,25)17-6-7-21-19(16-17)28(18-4-1-2-5-20(18)30-21)9-3-8-26-10-12-27(13-11-26)14-15-29;;/h11-12,14,16-17,19,27,39H,9-10,13,15,18,20H2,1-8H3,(H,41,42)(H,43,44);1-2,4-7,16,29H,3,8-15H2;2*1H. The highest BCUT2D eigenvalue weighted by Gasteiger charge is 2.77. The molecule has 0 aromatic heterocycles. The number of rotatable bonds is 15. The third-order valence-electron chi connectivity index (χ3n) is 15.7. The average molecular weight is 1160 g/mol. The van der Waals surface area contributed by atoms with Crippen LogP contribution in [-0.4, -0.2) is 123 Å². The second-order valence-electron chi connectivity index (χ2n) is 22.1. The molecule has 1 spiro atoms. The number of anilines is 2. The summed E-state index contributed by atoms with van der Waals surface area (Å²) in [7, 11) is 0. The number of phenolic OH excluding ortho intramolecular Hbond substituents is 1. The van der Waals surface area contributed by atoms with Crippen LogP contribution in [0.25, 0.3) is 6.08 Å². The molecule has 2 fully saturated rings. The quantitative estimate of drug-likeness (QED) is 0.0837. The summed E-state index contributed by atoms with van der Waals surface area (Å²) in [5.41, 5.74) is -1.66. The molecule has 5 heterocycles. The predicted octanol–water partition coefficient (Wildman–Crippen LogP) is 12.7. The maximum absolute atomic E-state index is 14.7. The number of aliphatic carboxylic acids is 2. The molecule has 3 aromatic carbocycles. The SMILES string of the molecule is CC(C)=CCCC1(C)C=Cc2c(O)c3c(c(CC=C(C)C)c2O1)OC12C(=CCCC1C(C)(C)OC2(CC=C(C)C(=O)O)C(=O)O)C3=O.Cl.Cl.OCCN1CCN(CCCN2c3ccccc3Sc3ccc(C(F)(F)F)cc32)CC1. The van der Waals surface area contributed by atoms with Gasteiger partial charge in [0.25, 0.3) is 0 Å². The van der Waals surface area contributed by atoms with Gasteiger partial charge in [0.1, 0.15) is 28.4 Å². The molecule has 79 heavy (non-hydrogen) atoms. The number of nitrogens with zero attached hydrogens (tertiary/aromatic N) is 3. The first-order chi connectivity index (χ1) is 36.4. The van der Waals surface area contributed by atoms with Gasteiger partial charge in [-0.1, -0.05) is 59.3 Å². The third-order valence-corrected chi connectivity index (χ3v) is 16.9. The number of hydrogen-bond acceptors (Lipinski definition) is 12. The van der Waals surface area contributed by atoms with Gasteiger partial charge in [0.2, 0.25) is 5.60 Å². The number of fused-ring (bicyclic) bond motifs is 4. The second-order valence-corrected chi connectivity index (χ2v) is 23.2. The summed E-state index contributed by atoms with van der Waals surface area (Å²) in [6.45, 7) is 21.2. The van der Waals surface area contributed by atoms with E-state index in [1.54, 1.807) is 32.1 Å². The van der Waals surface area contributed by atoms with E-state index in [1.807, 2.05) is 75.9 Å². The number of piperazine rings is 1. The molecular formula is C60H74Cl2F3N3O10S. The summed E-state index contributed by atoms with van der Waals surface area (Å²) in [6.07, 6.45) is 9.64. The van der Waals surface area contributed by atoms with Crippen LogP contribution in [0.1, 0.15) is 121 Å². The number of carboxylic acids is 2. The Morgan fingerprint density at radius 1 is 0.848 bits per heavy atom. The molecule has 0 amide bonds. The minimum atomic E-state index is -4.35. The molecule has 4 N–H and O–H groups in total. The molecule has 9 rings (SSSR count). The largest absolute Gasteiger partial charge is 0.506 e. The van der Waals surface area contributed by atoms with Crippen LogP contribution in [0.5, 0.6) is 17.2 Å². The van der Waals surface area contributed by atoms with Crippen LogP contribution in [0.3, 0.4) is 0 Å². The van der Waals surface area contributed by atoms with Gasteiger partial charge in [-0.2, -0.15) is 13.2 Å². The molecule has 3 aromatic rings. The number of carbonyl (C=O) groups excluding carboxylic acids is 1. The van der Waals surface area contributed by atoms with E-state index in [1.165, 1.54) is 42.5 Å². The van der Waals surface area contributed by atoms with E-state index >= 15 is 0 Å². The number of benzene rings is 3. The van der Waals surface area contributed by atoms with Crippen molar-refractivity contribution in [2.75, 3.05) is 57.3 Å². The zero-order chi connectivity index (χ0) is 55.8. The number of para-hydroxylation sites is 1. The lowest BCUT2D eigenvalue weighted by molar-refractivity contribution is -0.184. The summed E-state index contributed by atoms with van der Waals surface area (Å²) >= 11 is 1.53. The number of β-amino-alcohol motifs (C(OH)–C–C–N with tert-alkyl or cyclic N) is 1. The maximum Gasteiger partial charge on any atom is 0.416 e. The highest BCUT2D eigenvalue weighted by atomic mass is 35.5. The van der Waals surface area contributed by atoms with E-state index in [4.69, 9.17) is 19.3 Å². The zero-order valence-electron chi connectivity index (χ0n) is 46.1. The van der Waals surface area contributed by atoms with Crippen molar-refractivity contribution in [3.8, 4) is 17.2 Å². The van der Waals surface area contributed by atoms with Crippen molar-refractivity contribution >= 4 is 71.7 Å². The van der Waals surface area contributed by atoms with Gasteiger partial charge >= 0.3 is 18.1 Å². The lowest BCUT2D eigenvalue weighted by atomic mass is 9.60. The van der Waals surface area contributed by atoms with Crippen LogP contribution < -0.4 is 14.4 Å². The number of alkyl halides is 3. The second kappa shape index (κ2) is 24.8. The number of ether oxygens (including phenoxy) is 3. The van der Waals surface area contributed by atoms with Gasteiger partial charge in [0, 0.05) is 78.1 Å². The minimum Gasteiger partial charge on any atom is -0.506 e. The van der Waals surface area contributed by atoms with Gasteiger partial charge in [-0.3, -0.25) is 9.69 Å². The van der Waals surface area contributed by atoms with Crippen LogP contribution in [0.2, 0.25) is 0 Å². The molecule has 19 heteroatoms. The Kier molecular flexibility index (Phi) is 19.8. The van der Waals surface area contributed by atoms with E-state index < -0.39 is 57.8 Å². The van der Waals surface area contributed by atoms with Crippen LogP contribution in [-0.2, 0) is 26.9 Å². The van der Waals surface area contributed by atoms with Gasteiger partial charge in [0.05, 0.1) is 34.7 Å². The van der Waals surface area contributed by atoms with Crippen molar-refractivity contribution in [3.63, 3.8) is 0 Å². The number of Topliss-reactive ketones (excluding diaryl/α,β-unsaturated/α-hetero) is 1. The number of aliphatic hydroxyl groups is 1. The number of aromatic hydroxyl groups is 1. The number of phenols is 1. The average Bonchev–Trinajstić information content (AvgIpc) is 3.88. The van der Waals surface area contributed by atoms with Crippen LogP contribution in [0.4, 0.5) is 24.5 Å². The van der Waals surface area contributed by atoms with Crippen molar-refractivity contribution in [1.29, 1.82) is 0 Å². The topological polar surface area (TPSA) is 170 Å². The summed E-state index contributed by atoms with van der Waals surface area (Å²) in [6, 6.07) is 11.9. The molecule has 4 atom stereocenters. The molecular weight excluding hydrogens is 1080 g/mol. The van der Waals surface area contributed by atoms with Crippen molar-refractivity contribution in [1.82, 2.24) is 9.80 Å². The third kappa shape index (κ3) is 12.5.